The summed E-state index contributed by atoms with van der Waals surface area (Å²) in [6.45, 7) is 5.63. The van der Waals surface area contributed by atoms with Crippen molar-refractivity contribution in [3.8, 4) is 0 Å². The molecule has 0 atom stereocenters. The molecule has 2 aromatic rings. The first kappa shape index (κ1) is 16.4. The molecule has 8 heteroatoms. The first-order chi connectivity index (χ1) is 10.2. The van der Waals surface area contributed by atoms with E-state index in [-0.39, 0.29) is 10.8 Å². The van der Waals surface area contributed by atoms with Crippen LogP contribution in [0.25, 0.3) is 0 Å². The number of anilines is 1. The van der Waals surface area contributed by atoms with Crippen LogP contribution in [0.15, 0.2) is 23.6 Å². The van der Waals surface area contributed by atoms with Crippen LogP contribution in [0.2, 0.25) is 5.02 Å². The number of alkyl halides is 3. The topological polar surface area (TPSA) is 53.1 Å². The number of hydrazone groups is 1. The van der Waals surface area contributed by atoms with Crippen LogP contribution in [0, 0.1) is 13.8 Å². The fourth-order valence-corrected chi connectivity index (χ4v) is 2.29. The Labute approximate surface area is 130 Å². The van der Waals surface area contributed by atoms with Gasteiger partial charge in [-0.3, -0.25) is 5.43 Å². The molecule has 0 bridgehead atoms. The standard InChI is InChI=1S/C14H14ClF3N4/c1-7-5-19-8(2)12(7)9(3)21-22-13-11(15)4-10(6-20-13)14(16,17)18/h4-6,19H,1-3H3,(H,20,22)/b21-9+. The molecule has 2 N–H and O–H groups in total. The Morgan fingerprint density at radius 1 is 1.36 bits per heavy atom. The van der Waals surface area contributed by atoms with Crippen LogP contribution in [0.1, 0.15) is 29.3 Å². The van der Waals surface area contributed by atoms with Crippen LogP contribution >= 0.6 is 11.6 Å². The van der Waals surface area contributed by atoms with Crippen molar-refractivity contribution in [1.29, 1.82) is 0 Å². The summed E-state index contributed by atoms with van der Waals surface area (Å²) in [4.78, 5) is 6.74. The van der Waals surface area contributed by atoms with E-state index in [1.165, 1.54) is 0 Å². The van der Waals surface area contributed by atoms with Gasteiger partial charge in [-0.15, -0.1) is 0 Å². The van der Waals surface area contributed by atoms with Crippen LogP contribution in [-0.4, -0.2) is 15.7 Å². The maximum atomic E-state index is 12.5. The average molecular weight is 331 g/mol. The first-order valence-electron chi connectivity index (χ1n) is 6.38. The number of nitrogens with one attached hydrogen (secondary N) is 2. The second-order valence-electron chi connectivity index (χ2n) is 4.83. The number of rotatable bonds is 3. The second-order valence-corrected chi connectivity index (χ2v) is 5.24. The Morgan fingerprint density at radius 2 is 2.05 bits per heavy atom. The fraction of sp³-hybridized carbons (Fsp3) is 0.286. The van der Waals surface area contributed by atoms with Gasteiger partial charge in [0.05, 0.1) is 16.3 Å². The molecule has 2 rings (SSSR count). The van der Waals surface area contributed by atoms with Gasteiger partial charge < -0.3 is 4.98 Å². The summed E-state index contributed by atoms with van der Waals surface area (Å²) in [6, 6.07) is 0.814. The number of hydrogen-bond donors (Lipinski definition) is 2. The Balaban J connectivity index is 2.23. The minimum absolute atomic E-state index is 0.0693. The largest absolute Gasteiger partial charge is 0.417 e. The quantitative estimate of drug-likeness (QED) is 0.641. The summed E-state index contributed by atoms with van der Waals surface area (Å²) < 4.78 is 37.6. The van der Waals surface area contributed by atoms with Gasteiger partial charge >= 0.3 is 6.18 Å². The van der Waals surface area contributed by atoms with Crippen molar-refractivity contribution in [2.24, 2.45) is 5.10 Å². The Bertz CT molecular complexity index is 700. The fourth-order valence-electron chi connectivity index (χ4n) is 2.08. The lowest BCUT2D eigenvalue weighted by Gasteiger charge is -2.09. The van der Waals surface area contributed by atoms with Crippen molar-refractivity contribution >= 4 is 23.1 Å². The van der Waals surface area contributed by atoms with Crippen LogP contribution in [0.5, 0.6) is 0 Å². The van der Waals surface area contributed by atoms with E-state index in [2.05, 4.69) is 20.5 Å². The molecule has 0 saturated heterocycles. The predicted molar refractivity (Wildman–Crippen MR) is 80.3 cm³/mol. The van der Waals surface area contributed by atoms with Gasteiger partial charge in [-0.1, -0.05) is 11.6 Å². The van der Waals surface area contributed by atoms with E-state index in [1.807, 2.05) is 20.0 Å². The molecule has 2 aromatic heterocycles. The number of nitrogens with zero attached hydrogens (tertiary/aromatic N) is 2. The number of pyridine rings is 1. The normalized spacial score (nSPS) is 12.6. The number of H-pyrrole nitrogens is 1. The van der Waals surface area contributed by atoms with E-state index in [4.69, 9.17) is 11.6 Å². The highest BCUT2D eigenvalue weighted by molar-refractivity contribution is 6.33. The maximum Gasteiger partial charge on any atom is 0.417 e. The highest BCUT2D eigenvalue weighted by atomic mass is 35.5. The number of hydrogen-bond acceptors (Lipinski definition) is 3. The van der Waals surface area contributed by atoms with Crippen LogP contribution in [0.3, 0.4) is 0 Å². The highest BCUT2D eigenvalue weighted by Gasteiger charge is 2.31. The van der Waals surface area contributed by atoms with E-state index in [1.54, 1.807) is 6.92 Å². The molecule has 0 spiro atoms. The van der Waals surface area contributed by atoms with Gasteiger partial charge in [0.2, 0.25) is 0 Å². The molecule has 0 fully saturated rings. The molecule has 2 heterocycles. The molecule has 0 aliphatic heterocycles. The summed E-state index contributed by atoms with van der Waals surface area (Å²) in [6.07, 6.45) is -1.91. The Morgan fingerprint density at radius 3 is 2.55 bits per heavy atom. The van der Waals surface area contributed by atoms with E-state index >= 15 is 0 Å². The Hall–Kier alpha value is -2.02. The smallest absolute Gasteiger partial charge is 0.364 e. The molecule has 0 radical (unpaired) electrons. The molecule has 0 unspecified atom stereocenters. The van der Waals surface area contributed by atoms with E-state index in [9.17, 15) is 13.2 Å². The third-order valence-electron chi connectivity index (χ3n) is 3.13. The molecule has 0 amide bonds. The zero-order chi connectivity index (χ0) is 16.5. The third kappa shape index (κ3) is 3.41. The second kappa shape index (κ2) is 6.00. The predicted octanol–water partition coefficient (Wildman–Crippen LogP) is 4.53. The van der Waals surface area contributed by atoms with Crippen molar-refractivity contribution in [3.05, 3.63) is 45.9 Å². The van der Waals surface area contributed by atoms with Crippen LogP contribution < -0.4 is 5.43 Å². The number of aromatic nitrogens is 2. The van der Waals surface area contributed by atoms with Gasteiger partial charge in [0.15, 0.2) is 5.82 Å². The van der Waals surface area contributed by atoms with Gasteiger partial charge in [-0.2, -0.15) is 18.3 Å². The van der Waals surface area contributed by atoms with E-state index in [0.717, 1.165) is 22.9 Å². The summed E-state index contributed by atoms with van der Waals surface area (Å²) in [5.74, 6) is 0.0693. The zero-order valence-corrected chi connectivity index (χ0v) is 12.9. The van der Waals surface area contributed by atoms with Crippen LogP contribution in [0.4, 0.5) is 19.0 Å². The molecule has 118 valence electrons. The highest BCUT2D eigenvalue weighted by Crippen LogP contribution is 2.32. The van der Waals surface area contributed by atoms with E-state index < -0.39 is 11.7 Å². The van der Waals surface area contributed by atoms with Crippen molar-refractivity contribution in [2.45, 2.75) is 26.9 Å². The summed E-state index contributed by atoms with van der Waals surface area (Å²) in [5, 5.41) is 3.99. The zero-order valence-electron chi connectivity index (χ0n) is 12.1. The minimum atomic E-state index is -4.48. The number of aryl methyl sites for hydroxylation is 2. The number of halogens is 4. The van der Waals surface area contributed by atoms with Gasteiger partial charge in [0.25, 0.3) is 0 Å². The average Bonchev–Trinajstić information content (AvgIpc) is 2.75. The molecular weight excluding hydrogens is 317 g/mol. The first-order valence-corrected chi connectivity index (χ1v) is 6.76. The van der Waals surface area contributed by atoms with Crippen molar-refractivity contribution in [1.82, 2.24) is 9.97 Å². The SMILES string of the molecule is C/C(=N\Nc1ncc(C(F)(F)F)cc1Cl)c1c(C)c[nH]c1C. The van der Waals surface area contributed by atoms with Gasteiger partial charge in [0, 0.05) is 23.7 Å². The van der Waals surface area contributed by atoms with Gasteiger partial charge in [0.1, 0.15) is 0 Å². The summed E-state index contributed by atoms with van der Waals surface area (Å²) in [5.41, 5.74) is 5.28. The third-order valence-corrected chi connectivity index (χ3v) is 3.42. The molecule has 0 saturated carbocycles. The van der Waals surface area contributed by atoms with Gasteiger partial charge in [-0.25, -0.2) is 4.98 Å². The lowest BCUT2D eigenvalue weighted by atomic mass is 10.1. The molecular formula is C14H14ClF3N4. The Kier molecular flexibility index (Phi) is 4.46. The summed E-state index contributed by atoms with van der Waals surface area (Å²) >= 11 is 5.81. The van der Waals surface area contributed by atoms with Crippen LogP contribution in [-0.2, 0) is 6.18 Å². The van der Waals surface area contributed by atoms with Crippen molar-refractivity contribution in [2.75, 3.05) is 5.43 Å². The monoisotopic (exact) mass is 330 g/mol. The molecule has 0 aromatic carbocycles. The minimum Gasteiger partial charge on any atom is -0.364 e. The molecule has 0 aliphatic carbocycles. The van der Waals surface area contributed by atoms with Gasteiger partial charge in [-0.05, 0) is 32.4 Å². The molecule has 0 aliphatic rings. The summed E-state index contributed by atoms with van der Waals surface area (Å²) in [7, 11) is 0. The lowest BCUT2D eigenvalue weighted by molar-refractivity contribution is -0.137. The van der Waals surface area contributed by atoms with E-state index in [0.29, 0.717) is 11.9 Å². The van der Waals surface area contributed by atoms with Crippen molar-refractivity contribution < 1.29 is 13.2 Å². The van der Waals surface area contributed by atoms with Crippen molar-refractivity contribution in [3.63, 3.8) is 0 Å². The molecule has 4 nitrogen and oxygen atoms in total. The molecule has 22 heavy (non-hydrogen) atoms. The lowest BCUT2D eigenvalue weighted by Crippen LogP contribution is -2.07. The number of aromatic amines is 1. The maximum absolute atomic E-state index is 12.5.